The van der Waals surface area contributed by atoms with E-state index in [9.17, 15) is 17.3 Å². The Balaban J connectivity index is 0.00000144. The van der Waals surface area contributed by atoms with Gasteiger partial charge in [0.05, 0.1) is 6.20 Å². The summed E-state index contributed by atoms with van der Waals surface area (Å²) in [4.78, 5) is 3.25. The quantitative estimate of drug-likeness (QED) is 0.477. The minimum Gasteiger partial charge on any atom is -0.445 e. The second-order valence-corrected chi connectivity index (χ2v) is 2.95. The van der Waals surface area contributed by atoms with Crippen molar-refractivity contribution in [3.63, 3.8) is 0 Å². The van der Waals surface area contributed by atoms with Gasteiger partial charge in [-0.3, -0.25) is 4.98 Å². The van der Waals surface area contributed by atoms with Gasteiger partial charge >= 0.3 is 58.4 Å². The first-order chi connectivity index (χ1) is 5.43. The molecule has 0 aliphatic heterocycles. The van der Waals surface area contributed by atoms with E-state index in [-0.39, 0.29) is 55.9 Å². The van der Waals surface area contributed by atoms with Gasteiger partial charge in [-0.2, -0.15) is 0 Å². The molecule has 8 heteroatoms. The number of halogens is 5. The van der Waals surface area contributed by atoms with Crippen LogP contribution >= 0.6 is 15.9 Å². The molecule has 13 heavy (non-hydrogen) atoms. The van der Waals surface area contributed by atoms with E-state index in [2.05, 4.69) is 20.9 Å². The predicted molar refractivity (Wildman–Crippen MR) is 40.6 cm³/mol. The van der Waals surface area contributed by atoms with Crippen molar-refractivity contribution >= 4 is 28.4 Å². The van der Waals surface area contributed by atoms with Gasteiger partial charge < -0.3 is 12.9 Å². The van der Waals surface area contributed by atoms with Gasteiger partial charge in [0.1, 0.15) is 5.82 Å². The molecule has 0 bridgehead atoms. The molecule has 0 spiro atoms. The second kappa shape index (κ2) is 5.22. The van der Waals surface area contributed by atoms with E-state index in [1.54, 1.807) is 0 Å². The van der Waals surface area contributed by atoms with Crippen molar-refractivity contribution < 1.29 is 68.7 Å². The molecule has 0 saturated heterocycles. The van der Waals surface area contributed by atoms with Gasteiger partial charge in [0.2, 0.25) is 0 Å². The van der Waals surface area contributed by atoms with Gasteiger partial charge in [-0.05, 0) is 0 Å². The Morgan fingerprint density at radius 1 is 1.23 bits per heavy atom. The van der Waals surface area contributed by atoms with Crippen molar-refractivity contribution in [2.45, 2.75) is 0 Å². The van der Waals surface area contributed by atoms with Crippen molar-refractivity contribution in [3.05, 3.63) is 22.7 Å². The fourth-order valence-corrected chi connectivity index (χ4v) is 1.30. The molecule has 0 aliphatic carbocycles. The van der Waals surface area contributed by atoms with Crippen LogP contribution in [0.25, 0.3) is 0 Å². The Labute approximate surface area is 123 Å². The van der Waals surface area contributed by atoms with Crippen molar-refractivity contribution in [1.82, 2.24) is 4.98 Å². The third-order valence-corrected chi connectivity index (χ3v) is 1.85. The van der Waals surface area contributed by atoms with Crippen LogP contribution in [0.3, 0.4) is 0 Å². The summed E-state index contributed by atoms with van der Waals surface area (Å²) in [6.07, 6.45) is 1.45. The van der Waals surface area contributed by atoms with Crippen LogP contribution in [0, 0.1) is 5.82 Å². The molecular weight excluding hydrogens is 280 g/mol. The molecule has 1 rings (SSSR count). The number of pyridine rings is 1. The molecule has 0 fully saturated rings. The van der Waals surface area contributed by atoms with Crippen LogP contribution < -0.4 is 56.8 Å². The third-order valence-electron chi connectivity index (χ3n) is 1.22. The summed E-state index contributed by atoms with van der Waals surface area (Å²) >= 11 is 2.58. The molecule has 1 heterocycles. The molecule has 1 aromatic heterocycles. The molecule has 0 aliphatic rings. The molecule has 0 unspecified atom stereocenters. The Hall–Kier alpha value is 1.05. The first-order valence-corrected chi connectivity index (χ1v) is 3.71. The molecular formula is C5H2BBrF4KN. The van der Waals surface area contributed by atoms with E-state index in [4.69, 9.17) is 0 Å². The molecule has 0 atom stereocenters. The minimum atomic E-state index is -5.32. The van der Waals surface area contributed by atoms with Gasteiger partial charge in [-0.1, -0.05) is 21.4 Å². The summed E-state index contributed by atoms with van der Waals surface area (Å²) < 4.78 is 48.4. The number of hydrogen-bond acceptors (Lipinski definition) is 1. The first-order valence-electron chi connectivity index (χ1n) is 2.92. The Morgan fingerprint density at radius 2 is 1.77 bits per heavy atom. The van der Waals surface area contributed by atoms with Crippen LogP contribution in [0.4, 0.5) is 17.3 Å². The fourth-order valence-electron chi connectivity index (χ4n) is 0.734. The van der Waals surface area contributed by atoms with Gasteiger partial charge in [-0.15, -0.1) is 0 Å². The van der Waals surface area contributed by atoms with E-state index >= 15 is 0 Å². The third kappa shape index (κ3) is 3.60. The van der Waals surface area contributed by atoms with E-state index in [1.807, 2.05) is 0 Å². The number of hydrogen-bond donors (Lipinski definition) is 0. The summed E-state index contributed by atoms with van der Waals surface area (Å²) in [5.74, 6) is -1.35. The van der Waals surface area contributed by atoms with Gasteiger partial charge in [-0.25, -0.2) is 4.39 Å². The molecule has 0 radical (unpaired) electrons. The van der Waals surface area contributed by atoms with Crippen LogP contribution in [0.2, 0.25) is 0 Å². The van der Waals surface area contributed by atoms with Gasteiger partial charge in [0, 0.05) is 10.7 Å². The van der Waals surface area contributed by atoms with E-state index < -0.39 is 18.3 Å². The zero-order valence-corrected chi connectivity index (χ0v) is 11.3. The van der Waals surface area contributed by atoms with Crippen LogP contribution in [0.1, 0.15) is 0 Å². The summed E-state index contributed by atoms with van der Waals surface area (Å²) in [5, 5.41) is 0. The second-order valence-electron chi connectivity index (χ2n) is 2.09. The van der Waals surface area contributed by atoms with Crippen LogP contribution in [-0.2, 0) is 0 Å². The SMILES string of the molecule is Fc1cncc(Br)c1[B-](F)(F)F.[K+]. The Kier molecular flexibility index (Phi) is 5.64. The number of nitrogens with zero attached hydrogens (tertiary/aromatic N) is 1. The molecule has 1 aromatic rings. The first kappa shape index (κ1) is 14.1. The van der Waals surface area contributed by atoms with Crippen LogP contribution in [-0.4, -0.2) is 12.0 Å². The molecule has 66 valence electrons. The van der Waals surface area contributed by atoms with Crippen LogP contribution in [0.15, 0.2) is 16.9 Å². The maximum Gasteiger partial charge on any atom is 1.00 e. The van der Waals surface area contributed by atoms with E-state index in [0.29, 0.717) is 6.20 Å². The molecule has 0 amide bonds. The monoisotopic (exact) mass is 281 g/mol. The van der Waals surface area contributed by atoms with Gasteiger partial charge in [0.15, 0.2) is 0 Å². The van der Waals surface area contributed by atoms with Gasteiger partial charge in [0.25, 0.3) is 0 Å². The number of rotatable bonds is 1. The molecule has 1 nitrogen and oxygen atoms in total. The standard InChI is InChI=1S/C5H2BBrF4N.K/c7-3-1-12-2-4(8)5(3)6(9,10)11;/h1-2H;/q-1;+1. The zero-order chi connectivity index (χ0) is 9.35. The minimum absolute atomic E-state index is 0. The molecule has 0 N–H and O–H groups in total. The predicted octanol–water partition coefficient (Wildman–Crippen LogP) is -0.958. The van der Waals surface area contributed by atoms with E-state index in [0.717, 1.165) is 6.20 Å². The smallest absolute Gasteiger partial charge is 0.445 e. The summed E-state index contributed by atoms with van der Waals surface area (Å²) in [5.41, 5.74) is -1.26. The fraction of sp³-hybridized carbons (Fsp3) is 0. The van der Waals surface area contributed by atoms with Crippen molar-refractivity contribution in [1.29, 1.82) is 0 Å². The normalized spacial score (nSPS) is 10.8. The molecule has 0 saturated carbocycles. The van der Waals surface area contributed by atoms with Crippen LogP contribution in [0.5, 0.6) is 0 Å². The topological polar surface area (TPSA) is 12.9 Å². The maximum atomic E-state index is 12.5. The van der Waals surface area contributed by atoms with Crippen molar-refractivity contribution in [2.24, 2.45) is 0 Å². The van der Waals surface area contributed by atoms with Crippen molar-refractivity contribution in [3.8, 4) is 0 Å². The molecule has 0 aromatic carbocycles. The largest absolute Gasteiger partial charge is 1.00 e. The maximum absolute atomic E-state index is 12.5. The van der Waals surface area contributed by atoms with E-state index in [1.165, 1.54) is 0 Å². The van der Waals surface area contributed by atoms with Crippen molar-refractivity contribution in [2.75, 3.05) is 0 Å². The summed E-state index contributed by atoms with van der Waals surface area (Å²) in [7, 11) is 0. The Morgan fingerprint density at radius 3 is 2.08 bits per heavy atom. The average molecular weight is 282 g/mol. The Bertz CT molecular complexity index is 285. The number of aromatic nitrogens is 1. The summed E-state index contributed by atoms with van der Waals surface area (Å²) in [6, 6.07) is 0. The summed E-state index contributed by atoms with van der Waals surface area (Å²) in [6.45, 7) is -5.32. The zero-order valence-electron chi connectivity index (χ0n) is 6.57. The average Bonchev–Trinajstić information content (AvgIpc) is 1.82.